The van der Waals surface area contributed by atoms with Gasteiger partial charge in [0.2, 0.25) is 12.6 Å². The molecule has 0 radical (unpaired) electrons. The van der Waals surface area contributed by atoms with Crippen molar-refractivity contribution in [3.8, 4) is 0 Å². The predicted octanol–water partition coefficient (Wildman–Crippen LogP) is 5.27. The molecule has 1 aromatic carbocycles. The Balaban J connectivity index is 1.49. The van der Waals surface area contributed by atoms with Crippen LogP contribution in [0.3, 0.4) is 0 Å². The van der Waals surface area contributed by atoms with E-state index >= 15 is 0 Å². The van der Waals surface area contributed by atoms with Gasteiger partial charge < -0.3 is 23.6 Å². The first-order valence-electron chi connectivity index (χ1n) is 16.4. The molecular formula is C32H45N3O15P2. The zero-order valence-corrected chi connectivity index (χ0v) is 32.2. The fourth-order valence-electron chi connectivity index (χ4n) is 4.94. The van der Waals surface area contributed by atoms with Crippen LogP contribution in [0.5, 0.6) is 0 Å². The van der Waals surface area contributed by atoms with Gasteiger partial charge in [-0.1, -0.05) is 45.0 Å². The Morgan fingerprint density at radius 1 is 1.04 bits per heavy atom. The van der Waals surface area contributed by atoms with E-state index < -0.39 is 87.1 Å². The van der Waals surface area contributed by atoms with E-state index in [2.05, 4.69) is 5.16 Å². The van der Waals surface area contributed by atoms with Gasteiger partial charge in [-0.25, -0.2) is 23.0 Å². The van der Waals surface area contributed by atoms with E-state index in [-0.39, 0.29) is 13.0 Å². The molecule has 1 aliphatic heterocycles. The summed E-state index contributed by atoms with van der Waals surface area (Å²) in [6.45, 7) is 12.8. The van der Waals surface area contributed by atoms with Gasteiger partial charge in [-0.15, -0.1) is 0 Å². The predicted molar refractivity (Wildman–Crippen MR) is 182 cm³/mol. The number of hydrogen-bond acceptors (Lipinski definition) is 15. The van der Waals surface area contributed by atoms with E-state index in [1.807, 2.05) is 0 Å². The van der Waals surface area contributed by atoms with Gasteiger partial charge in [0.1, 0.15) is 11.9 Å². The van der Waals surface area contributed by atoms with E-state index in [0.717, 1.165) is 4.57 Å². The molecule has 3 aromatic rings. The third kappa shape index (κ3) is 10.4. The van der Waals surface area contributed by atoms with Crippen LogP contribution >= 0.6 is 15.6 Å². The molecule has 0 amide bonds. The van der Waals surface area contributed by atoms with Crippen LogP contribution < -0.4 is 11.2 Å². The van der Waals surface area contributed by atoms with Crippen molar-refractivity contribution in [1.29, 1.82) is 0 Å². The Morgan fingerprint density at radius 3 is 2.31 bits per heavy atom. The standard InChI is InChI=1S/C32H45N3O15P2/c1-19(2)28(37)44-20(3)48-52(42,49-21(4)45-29(38)31(5,6)7)50-51(40,41)43-18-25-32(8,9)16-27(46-25)34-15-14-26(36)35(30(34)39)17-23-22-12-10-11-13-24(22)47-33-23/h10-15,19-21,25,27H,16-18H2,1-9H3,(H,40,41)/t20?,21?,25-,27-,52?/m1/s1. The van der Waals surface area contributed by atoms with E-state index in [1.165, 1.54) is 44.5 Å². The van der Waals surface area contributed by atoms with Crippen LogP contribution in [0.4, 0.5) is 0 Å². The molecule has 1 N–H and O–H groups in total. The minimum atomic E-state index is -5.33. The molecular weight excluding hydrogens is 728 g/mol. The second-order valence-corrected chi connectivity index (χ2v) is 17.4. The number of aromatic nitrogens is 3. The van der Waals surface area contributed by atoms with Crippen molar-refractivity contribution in [2.45, 2.75) is 100 Å². The van der Waals surface area contributed by atoms with Crippen LogP contribution in [0, 0.1) is 16.7 Å². The number of esters is 2. The molecule has 1 saturated heterocycles. The zero-order chi connectivity index (χ0) is 38.8. The molecule has 1 aliphatic rings. The number of benzene rings is 1. The number of carbonyl (C=O) groups excluding carboxylic acids is 2. The Hall–Kier alpha value is -3.47. The molecule has 1 fully saturated rings. The minimum Gasteiger partial charge on any atom is -0.435 e. The second-order valence-electron chi connectivity index (χ2n) is 14.2. The highest BCUT2D eigenvalue weighted by atomic mass is 31.3. The van der Waals surface area contributed by atoms with Gasteiger partial charge in [-0.3, -0.25) is 28.0 Å². The van der Waals surface area contributed by atoms with Gasteiger partial charge in [0.15, 0.2) is 5.58 Å². The fraction of sp³-hybridized carbons (Fsp3) is 0.594. The van der Waals surface area contributed by atoms with Gasteiger partial charge in [-0.05, 0) is 52.2 Å². The number of fused-ring (bicyclic) bond motifs is 1. The number of nitrogens with zero attached hydrogens (tertiary/aromatic N) is 3. The van der Waals surface area contributed by atoms with Crippen molar-refractivity contribution in [3.05, 3.63) is 63.1 Å². The number of rotatable bonds is 15. The quantitative estimate of drug-likeness (QED) is 0.118. The second kappa shape index (κ2) is 15.9. The van der Waals surface area contributed by atoms with Crippen molar-refractivity contribution in [2.75, 3.05) is 6.61 Å². The van der Waals surface area contributed by atoms with Crippen LogP contribution in [0.2, 0.25) is 0 Å². The van der Waals surface area contributed by atoms with E-state index in [0.29, 0.717) is 16.7 Å². The molecule has 4 unspecified atom stereocenters. The lowest BCUT2D eigenvalue weighted by molar-refractivity contribution is -0.176. The Bertz CT molecular complexity index is 1980. The third-order valence-corrected chi connectivity index (χ3v) is 11.1. The first kappa shape index (κ1) is 41.3. The maximum Gasteiger partial charge on any atom is 0.489 e. The highest BCUT2D eigenvalue weighted by Gasteiger charge is 2.47. The lowest BCUT2D eigenvalue weighted by Gasteiger charge is -2.28. The molecule has 288 valence electrons. The maximum absolute atomic E-state index is 13.7. The summed E-state index contributed by atoms with van der Waals surface area (Å²) in [5.74, 6) is -2.10. The van der Waals surface area contributed by atoms with E-state index in [4.69, 9.17) is 36.6 Å². The number of carbonyl (C=O) groups is 2. The Kier molecular flexibility index (Phi) is 12.6. The van der Waals surface area contributed by atoms with Gasteiger partial charge in [0, 0.05) is 24.1 Å². The minimum absolute atomic E-state index is 0.170. The van der Waals surface area contributed by atoms with Gasteiger partial charge in [0.05, 0.1) is 30.6 Å². The summed E-state index contributed by atoms with van der Waals surface area (Å²) in [5.41, 5.74) is -2.16. The van der Waals surface area contributed by atoms with Gasteiger partial charge in [-0.2, -0.15) is 4.31 Å². The molecule has 0 saturated carbocycles. The lowest BCUT2D eigenvalue weighted by atomic mass is 9.85. The third-order valence-electron chi connectivity index (χ3n) is 7.85. The molecule has 0 aliphatic carbocycles. The molecule has 20 heteroatoms. The summed E-state index contributed by atoms with van der Waals surface area (Å²) in [4.78, 5) is 61.5. The largest absolute Gasteiger partial charge is 0.489 e. The summed E-state index contributed by atoms with van der Waals surface area (Å²) >= 11 is 0. The molecule has 52 heavy (non-hydrogen) atoms. The fourth-order valence-corrected chi connectivity index (χ4v) is 7.63. The van der Waals surface area contributed by atoms with Crippen LogP contribution in [-0.4, -0.2) is 56.4 Å². The van der Waals surface area contributed by atoms with Gasteiger partial charge >= 0.3 is 33.3 Å². The number of phosphoric acid groups is 2. The average Bonchev–Trinajstić information content (AvgIpc) is 3.55. The van der Waals surface area contributed by atoms with Crippen molar-refractivity contribution in [2.24, 2.45) is 16.7 Å². The smallest absolute Gasteiger partial charge is 0.435 e. The van der Waals surface area contributed by atoms with Crippen LogP contribution in [0.15, 0.2) is 50.6 Å². The summed E-state index contributed by atoms with van der Waals surface area (Å²) in [5, 5.41) is 4.65. The number of hydrogen-bond donors (Lipinski definition) is 1. The Labute approximate surface area is 299 Å². The summed E-state index contributed by atoms with van der Waals surface area (Å²) in [7, 11) is -10.5. The molecule has 6 atom stereocenters. The molecule has 4 rings (SSSR count). The number of para-hydroxylation sites is 1. The van der Waals surface area contributed by atoms with Crippen LogP contribution in [0.1, 0.15) is 80.7 Å². The first-order chi connectivity index (χ1) is 24.0. The van der Waals surface area contributed by atoms with E-state index in [1.54, 1.807) is 58.9 Å². The topological polar surface area (TPSA) is 223 Å². The van der Waals surface area contributed by atoms with E-state index in [9.17, 15) is 33.2 Å². The summed E-state index contributed by atoms with van der Waals surface area (Å²) in [6.07, 6.45) is -3.59. The van der Waals surface area contributed by atoms with Crippen LogP contribution in [-0.2, 0) is 57.4 Å². The Morgan fingerprint density at radius 2 is 1.67 bits per heavy atom. The van der Waals surface area contributed by atoms with Gasteiger partial charge in [0.25, 0.3) is 5.56 Å². The maximum atomic E-state index is 13.7. The average molecular weight is 774 g/mol. The molecule has 3 heterocycles. The lowest BCUT2D eigenvalue weighted by Crippen LogP contribution is -2.40. The summed E-state index contributed by atoms with van der Waals surface area (Å²) in [6, 6.07) is 8.21. The number of ether oxygens (including phenoxy) is 3. The zero-order valence-electron chi connectivity index (χ0n) is 30.4. The van der Waals surface area contributed by atoms with Crippen molar-refractivity contribution in [3.63, 3.8) is 0 Å². The van der Waals surface area contributed by atoms with Crippen LogP contribution in [0.25, 0.3) is 11.0 Å². The first-order valence-corrected chi connectivity index (χ1v) is 19.3. The monoisotopic (exact) mass is 773 g/mol. The molecule has 2 aromatic heterocycles. The summed E-state index contributed by atoms with van der Waals surface area (Å²) < 4.78 is 71.1. The van der Waals surface area contributed by atoms with Crippen molar-refractivity contribution >= 4 is 38.6 Å². The van der Waals surface area contributed by atoms with Crippen molar-refractivity contribution < 1.29 is 60.2 Å². The van der Waals surface area contributed by atoms with Crippen molar-refractivity contribution in [1.82, 2.24) is 14.3 Å². The highest BCUT2D eigenvalue weighted by molar-refractivity contribution is 7.61. The molecule has 0 spiro atoms. The SMILES string of the molecule is CC(OC(=O)C(C)C)OP(=O)(OC(C)OC(=O)C(C)(C)C)OP(=O)(O)OC[C@H]1O[C@@H](n2ccc(=O)n(Cc3noc4ccccc34)c2=O)CC1(C)C. The normalized spacial score (nSPS) is 21.0. The molecule has 0 bridgehead atoms. The highest BCUT2D eigenvalue weighted by Crippen LogP contribution is 2.65. The molecule has 18 nitrogen and oxygen atoms in total. The number of phosphoric ester groups is 2.